The Morgan fingerprint density at radius 2 is 2.10 bits per heavy atom. The summed E-state index contributed by atoms with van der Waals surface area (Å²) in [7, 11) is 0. The third-order valence-electron chi connectivity index (χ3n) is 4.78. The molecule has 1 aromatic carbocycles. The van der Waals surface area contributed by atoms with E-state index in [9.17, 15) is 4.39 Å². The first-order valence-electron chi connectivity index (χ1n) is 7.37. The number of rotatable bonds is 5. The molecule has 0 spiro atoms. The van der Waals surface area contributed by atoms with E-state index in [1.807, 2.05) is 0 Å². The summed E-state index contributed by atoms with van der Waals surface area (Å²) in [4.78, 5) is 4.56. The SMILES string of the molecule is CC(C)C1(Cn2c(CCCl)nc3cc(F)c(Cl)cc32)CC1. The van der Waals surface area contributed by atoms with Gasteiger partial charge in [-0.2, -0.15) is 0 Å². The molecule has 1 fully saturated rings. The van der Waals surface area contributed by atoms with Crippen LogP contribution in [-0.4, -0.2) is 15.4 Å². The van der Waals surface area contributed by atoms with Crippen LogP contribution >= 0.6 is 23.2 Å². The fourth-order valence-corrected chi connectivity index (χ4v) is 3.34. The van der Waals surface area contributed by atoms with Gasteiger partial charge in [-0.3, -0.25) is 0 Å². The van der Waals surface area contributed by atoms with Crippen LogP contribution in [0.1, 0.15) is 32.5 Å². The molecule has 0 N–H and O–H groups in total. The molecule has 2 nitrogen and oxygen atoms in total. The van der Waals surface area contributed by atoms with Gasteiger partial charge in [0, 0.05) is 24.9 Å². The Labute approximate surface area is 134 Å². The van der Waals surface area contributed by atoms with E-state index in [1.54, 1.807) is 6.07 Å². The van der Waals surface area contributed by atoms with Crippen LogP contribution < -0.4 is 0 Å². The minimum Gasteiger partial charge on any atom is -0.327 e. The van der Waals surface area contributed by atoms with Crippen molar-refractivity contribution in [3.8, 4) is 0 Å². The van der Waals surface area contributed by atoms with Crippen LogP contribution in [0.25, 0.3) is 11.0 Å². The summed E-state index contributed by atoms with van der Waals surface area (Å²) in [5.41, 5.74) is 1.92. The molecule has 1 heterocycles. The number of nitrogens with zero attached hydrogens (tertiary/aromatic N) is 2. The Morgan fingerprint density at radius 1 is 1.38 bits per heavy atom. The van der Waals surface area contributed by atoms with Crippen molar-refractivity contribution in [3.63, 3.8) is 0 Å². The van der Waals surface area contributed by atoms with Crippen molar-refractivity contribution in [2.45, 2.75) is 39.7 Å². The number of halogens is 3. The molecule has 0 amide bonds. The lowest BCUT2D eigenvalue weighted by Gasteiger charge is -2.22. The fraction of sp³-hybridized carbons (Fsp3) is 0.562. The number of fused-ring (bicyclic) bond motifs is 1. The fourth-order valence-electron chi connectivity index (χ4n) is 3.02. The molecule has 0 unspecified atom stereocenters. The van der Waals surface area contributed by atoms with Crippen LogP contribution in [-0.2, 0) is 13.0 Å². The van der Waals surface area contributed by atoms with E-state index in [1.165, 1.54) is 18.9 Å². The van der Waals surface area contributed by atoms with E-state index in [-0.39, 0.29) is 5.02 Å². The zero-order valence-electron chi connectivity index (χ0n) is 12.3. The molecule has 1 aromatic heterocycles. The van der Waals surface area contributed by atoms with Crippen LogP contribution in [0, 0.1) is 17.2 Å². The Bertz CT molecular complexity index is 674. The standard InChI is InChI=1S/C16H19Cl2FN2/c1-10(2)16(4-5-16)9-21-14-7-11(18)12(19)8-13(14)20-15(21)3-6-17/h7-8,10H,3-6,9H2,1-2H3. The lowest BCUT2D eigenvalue weighted by molar-refractivity contribution is 0.309. The summed E-state index contributed by atoms with van der Waals surface area (Å²) in [6.45, 7) is 5.44. The van der Waals surface area contributed by atoms with Crippen molar-refractivity contribution < 1.29 is 4.39 Å². The maximum atomic E-state index is 13.6. The van der Waals surface area contributed by atoms with Crippen molar-refractivity contribution in [2.75, 3.05) is 5.88 Å². The second-order valence-electron chi connectivity index (χ2n) is 6.33. The smallest absolute Gasteiger partial charge is 0.144 e. The Morgan fingerprint density at radius 3 is 2.67 bits per heavy atom. The molecule has 0 bridgehead atoms. The number of imidazole rings is 1. The van der Waals surface area contributed by atoms with E-state index in [2.05, 4.69) is 23.4 Å². The van der Waals surface area contributed by atoms with Crippen molar-refractivity contribution in [1.29, 1.82) is 0 Å². The maximum absolute atomic E-state index is 13.6. The number of alkyl halides is 1. The Hall–Kier alpha value is -0.800. The topological polar surface area (TPSA) is 17.8 Å². The highest BCUT2D eigenvalue weighted by molar-refractivity contribution is 6.31. The van der Waals surface area contributed by atoms with Crippen molar-refractivity contribution in [3.05, 3.63) is 28.8 Å². The first-order valence-corrected chi connectivity index (χ1v) is 8.28. The second-order valence-corrected chi connectivity index (χ2v) is 7.11. The van der Waals surface area contributed by atoms with Crippen LogP contribution in [0.5, 0.6) is 0 Å². The number of hydrogen-bond acceptors (Lipinski definition) is 1. The normalized spacial score (nSPS) is 16.9. The van der Waals surface area contributed by atoms with Gasteiger partial charge in [0.05, 0.1) is 16.1 Å². The van der Waals surface area contributed by atoms with Crippen LogP contribution in [0.4, 0.5) is 4.39 Å². The second kappa shape index (κ2) is 5.44. The first-order chi connectivity index (χ1) is 9.97. The van der Waals surface area contributed by atoms with Crippen molar-refractivity contribution in [1.82, 2.24) is 9.55 Å². The lowest BCUT2D eigenvalue weighted by Crippen LogP contribution is -2.19. The highest BCUT2D eigenvalue weighted by Gasteiger charge is 2.46. The number of aryl methyl sites for hydroxylation is 1. The molecular formula is C16H19Cl2FN2. The predicted molar refractivity (Wildman–Crippen MR) is 85.6 cm³/mol. The van der Waals surface area contributed by atoms with E-state index in [0.29, 0.717) is 29.2 Å². The number of hydrogen-bond donors (Lipinski definition) is 0. The molecule has 0 radical (unpaired) electrons. The van der Waals surface area contributed by atoms with Gasteiger partial charge in [-0.15, -0.1) is 11.6 Å². The third kappa shape index (κ3) is 2.66. The highest BCUT2D eigenvalue weighted by Crippen LogP contribution is 2.53. The molecule has 114 valence electrons. The molecule has 1 aliphatic carbocycles. The molecule has 3 rings (SSSR count). The van der Waals surface area contributed by atoms with Gasteiger partial charge in [0.1, 0.15) is 11.6 Å². The minimum absolute atomic E-state index is 0.149. The summed E-state index contributed by atoms with van der Waals surface area (Å²) < 4.78 is 15.8. The predicted octanol–water partition coefficient (Wildman–Crippen LogP) is 5.05. The molecule has 1 aliphatic rings. The van der Waals surface area contributed by atoms with Gasteiger partial charge in [0.2, 0.25) is 0 Å². The molecule has 0 aliphatic heterocycles. The molecule has 5 heteroatoms. The number of aromatic nitrogens is 2. The van der Waals surface area contributed by atoms with Crippen molar-refractivity contribution in [2.24, 2.45) is 11.3 Å². The van der Waals surface area contributed by atoms with Crippen molar-refractivity contribution >= 4 is 34.2 Å². The van der Waals surface area contributed by atoms with Gasteiger partial charge in [-0.25, -0.2) is 9.37 Å². The summed E-state index contributed by atoms with van der Waals surface area (Å²) in [5, 5.41) is 0.149. The monoisotopic (exact) mass is 328 g/mol. The molecule has 1 saturated carbocycles. The molecule has 21 heavy (non-hydrogen) atoms. The summed E-state index contributed by atoms with van der Waals surface area (Å²) >= 11 is 11.8. The average molecular weight is 329 g/mol. The molecule has 0 atom stereocenters. The average Bonchev–Trinajstić information content (AvgIpc) is 3.14. The van der Waals surface area contributed by atoms with Gasteiger partial charge >= 0.3 is 0 Å². The van der Waals surface area contributed by atoms with Crippen LogP contribution in [0.3, 0.4) is 0 Å². The summed E-state index contributed by atoms with van der Waals surface area (Å²) in [5.74, 6) is 1.63. The molecular weight excluding hydrogens is 310 g/mol. The summed E-state index contributed by atoms with van der Waals surface area (Å²) in [6.07, 6.45) is 3.16. The lowest BCUT2D eigenvalue weighted by atomic mass is 9.92. The first kappa shape index (κ1) is 15.1. The van der Waals surface area contributed by atoms with E-state index in [4.69, 9.17) is 23.2 Å². The van der Waals surface area contributed by atoms with Gasteiger partial charge in [-0.05, 0) is 30.2 Å². The van der Waals surface area contributed by atoms with E-state index in [0.717, 1.165) is 17.9 Å². The molecule has 0 saturated heterocycles. The van der Waals surface area contributed by atoms with Gasteiger partial charge in [-0.1, -0.05) is 25.4 Å². The zero-order chi connectivity index (χ0) is 15.2. The van der Waals surface area contributed by atoms with Gasteiger partial charge < -0.3 is 4.57 Å². The zero-order valence-corrected chi connectivity index (χ0v) is 13.8. The van der Waals surface area contributed by atoms with Gasteiger partial charge in [0.15, 0.2) is 0 Å². The third-order valence-corrected chi connectivity index (χ3v) is 5.26. The Balaban J connectivity index is 2.09. The van der Waals surface area contributed by atoms with Gasteiger partial charge in [0.25, 0.3) is 0 Å². The van der Waals surface area contributed by atoms with E-state index < -0.39 is 5.82 Å². The van der Waals surface area contributed by atoms with E-state index >= 15 is 0 Å². The quantitative estimate of drug-likeness (QED) is 0.702. The Kier molecular flexibility index (Phi) is 3.91. The minimum atomic E-state index is -0.420. The largest absolute Gasteiger partial charge is 0.327 e. The highest BCUT2D eigenvalue weighted by atomic mass is 35.5. The molecule has 2 aromatic rings. The summed E-state index contributed by atoms with van der Waals surface area (Å²) in [6, 6.07) is 3.11. The van der Waals surface area contributed by atoms with Crippen LogP contribution in [0.2, 0.25) is 5.02 Å². The van der Waals surface area contributed by atoms with Crippen LogP contribution in [0.15, 0.2) is 12.1 Å². The number of benzene rings is 1. The maximum Gasteiger partial charge on any atom is 0.144 e.